The van der Waals surface area contributed by atoms with Gasteiger partial charge in [0.1, 0.15) is 0 Å². The fraction of sp³-hybridized carbons (Fsp3) is 0.500. The van der Waals surface area contributed by atoms with Gasteiger partial charge in [-0.2, -0.15) is 0 Å². The Kier molecular flexibility index (Phi) is 8.54. The highest BCUT2D eigenvalue weighted by Crippen LogP contribution is 1.99. The van der Waals surface area contributed by atoms with Crippen LogP contribution in [0.1, 0.15) is 32.8 Å². The molecule has 132 valence electrons. The van der Waals surface area contributed by atoms with Crippen molar-refractivity contribution in [3.05, 3.63) is 35.9 Å². The Morgan fingerprint density at radius 1 is 1.08 bits per heavy atom. The molecule has 0 radical (unpaired) electrons. The molecule has 0 aliphatic carbocycles. The molecule has 6 nitrogen and oxygen atoms in total. The van der Waals surface area contributed by atoms with Crippen LogP contribution in [0.5, 0.6) is 0 Å². The van der Waals surface area contributed by atoms with Crippen molar-refractivity contribution in [1.82, 2.24) is 15.5 Å². The van der Waals surface area contributed by atoms with E-state index in [2.05, 4.69) is 10.6 Å². The summed E-state index contributed by atoms with van der Waals surface area (Å²) in [5.41, 5.74) is 0.932. The minimum absolute atomic E-state index is 0.0450. The SMILES string of the molecule is CCN(CC(=O)NC(C)C)C(=O)CCNC(=O)Cc1ccccc1. The summed E-state index contributed by atoms with van der Waals surface area (Å²) >= 11 is 0. The van der Waals surface area contributed by atoms with Crippen molar-refractivity contribution in [2.24, 2.45) is 0 Å². The van der Waals surface area contributed by atoms with E-state index in [1.54, 1.807) is 0 Å². The van der Waals surface area contributed by atoms with Crippen molar-refractivity contribution in [2.45, 2.75) is 39.7 Å². The van der Waals surface area contributed by atoms with Gasteiger partial charge in [0.25, 0.3) is 0 Å². The number of rotatable bonds is 9. The van der Waals surface area contributed by atoms with E-state index in [-0.39, 0.29) is 43.3 Å². The molecule has 1 aromatic rings. The van der Waals surface area contributed by atoms with Crippen LogP contribution in [0.2, 0.25) is 0 Å². The second-order valence-electron chi connectivity index (χ2n) is 5.89. The monoisotopic (exact) mass is 333 g/mol. The molecule has 0 atom stereocenters. The summed E-state index contributed by atoms with van der Waals surface area (Å²) in [5.74, 6) is -0.431. The summed E-state index contributed by atoms with van der Waals surface area (Å²) in [6, 6.07) is 9.48. The van der Waals surface area contributed by atoms with E-state index in [1.165, 1.54) is 4.90 Å². The second kappa shape index (κ2) is 10.4. The van der Waals surface area contributed by atoms with Crippen LogP contribution in [0.25, 0.3) is 0 Å². The minimum Gasteiger partial charge on any atom is -0.355 e. The molecule has 0 aliphatic rings. The van der Waals surface area contributed by atoms with Gasteiger partial charge >= 0.3 is 0 Å². The summed E-state index contributed by atoms with van der Waals surface area (Å²) in [7, 11) is 0. The molecule has 3 amide bonds. The van der Waals surface area contributed by atoms with E-state index >= 15 is 0 Å². The molecule has 0 bridgehead atoms. The predicted molar refractivity (Wildman–Crippen MR) is 93.3 cm³/mol. The Morgan fingerprint density at radius 2 is 1.75 bits per heavy atom. The lowest BCUT2D eigenvalue weighted by molar-refractivity contribution is -0.136. The van der Waals surface area contributed by atoms with Gasteiger partial charge in [-0.05, 0) is 26.3 Å². The van der Waals surface area contributed by atoms with E-state index in [1.807, 2.05) is 51.1 Å². The lowest BCUT2D eigenvalue weighted by Gasteiger charge is -2.21. The first-order valence-corrected chi connectivity index (χ1v) is 8.30. The highest BCUT2D eigenvalue weighted by molar-refractivity contribution is 5.85. The van der Waals surface area contributed by atoms with E-state index in [0.717, 1.165) is 5.56 Å². The molecular weight excluding hydrogens is 306 g/mol. The molecule has 0 saturated heterocycles. The van der Waals surface area contributed by atoms with Gasteiger partial charge in [-0.25, -0.2) is 0 Å². The number of amides is 3. The Bertz CT molecular complexity index is 544. The van der Waals surface area contributed by atoms with Gasteiger partial charge in [0.15, 0.2) is 0 Å². The van der Waals surface area contributed by atoms with Gasteiger partial charge < -0.3 is 15.5 Å². The van der Waals surface area contributed by atoms with Crippen molar-refractivity contribution >= 4 is 17.7 Å². The fourth-order valence-corrected chi connectivity index (χ4v) is 2.23. The zero-order chi connectivity index (χ0) is 17.9. The molecule has 0 saturated carbocycles. The number of carbonyl (C=O) groups excluding carboxylic acids is 3. The molecule has 6 heteroatoms. The Morgan fingerprint density at radius 3 is 2.33 bits per heavy atom. The minimum atomic E-state index is -0.173. The van der Waals surface area contributed by atoms with Crippen molar-refractivity contribution in [3.8, 4) is 0 Å². The van der Waals surface area contributed by atoms with Crippen LogP contribution in [0.3, 0.4) is 0 Å². The first-order chi connectivity index (χ1) is 11.4. The summed E-state index contributed by atoms with van der Waals surface area (Å²) in [6.45, 7) is 6.35. The highest BCUT2D eigenvalue weighted by Gasteiger charge is 2.16. The molecule has 1 rings (SSSR count). The molecule has 0 spiro atoms. The van der Waals surface area contributed by atoms with Crippen molar-refractivity contribution < 1.29 is 14.4 Å². The smallest absolute Gasteiger partial charge is 0.239 e. The average molecular weight is 333 g/mol. The molecule has 0 aliphatic heterocycles. The maximum atomic E-state index is 12.1. The lowest BCUT2D eigenvalue weighted by Crippen LogP contribution is -2.43. The molecule has 0 heterocycles. The molecule has 24 heavy (non-hydrogen) atoms. The molecule has 0 unspecified atom stereocenters. The van der Waals surface area contributed by atoms with Gasteiger partial charge in [0.2, 0.25) is 17.7 Å². The highest BCUT2D eigenvalue weighted by atomic mass is 16.2. The fourth-order valence-electron chi connectivity index (χ4n) is 2.23. The third-order valence-corrected chi connectivity index (χ3v) is 3.39. The van der Waals surface area contributed by atoms with E-state index < -0.39 is 0 Å². The van der Waals surface area contributed by atoms with Gasteiger partial charge in [0.05, 0.1) is 13.0 Å². The number of hydrogen-bond donors (Lipinski definition) is 2. The molecular formula is C18H27N3O3. The average Bonchev–Trinajstić information content (AvgIpc) is 2.52. The Hall–Kier alpha value is -2.37. The summed E-state index contributed by atoms with van der Waals surface area (Å²) < 4.78 is 0. The summed E-state index contributed by atoms with van der Waals surface area (Å²) in [5, 5.41) is 5.50. The van der Waals surface area contributed by atoms with E-state index in [4.69, 9.17) is 0 Å². The van der Waals surface area contributed by atoms with Crippen LogP contribution >= 0.6 is 0 Å². The number of hydrogen-bond acceptors (Lipinski definition) is 3. The topological polar surface area (TPSA) is 78.5 Å². The van der Waals surface area contributed by atoms with E-state index in [9.17, 15) is 14.4 Å². The summed E-state index contributed by atoms with van der Waals surface area (Å²) in [6.07, 6.45) is 0.479. The first kappa shape index (κ1) is 19.7. The summed E-state index contributed by atoms with van der Waals surface area (Å²) in [4.78, 5) is 37.2. The Labute approximate surface area is 143 Å². The quantitative estimate of drug-likeness (QED) is 0.710. The number of likely N-dealkylation sites (N-methyl/N-ethyl adjacent to an activating group) is 1. The van der Waals surface area contributed by atoms with Gasteiger partial charge in [-0.3, -0.25) is 14.4 Å². The standard InChI is InChI=1S/C18H27N3O3/c1-4-21(13-17(23)20-14(2)3)18(24)10-11-19-16(22)12-15-8-6-5-7-9-15/h5-9,14H,4,10-13H2,1-3H3,(H,19,22)(H,20,23). The molecule has 2 N–H and O–H groups in total. The molecule has 1 aromatic carbocycles. The maximum Gasteiger partial charge on any atom is 0.239 e. The maximum absolute atomic E-state index is 12.1. The number of nitrogens with one attached hydrogen (secondary N) is 2. The van der Waals surface area contributed by atoms with Crippen LogP contribution in [-0.4, -0.2) is 48.3 Å². The van der Waals surface area contributed by atoms with Crippen molar-refractivity contribution in [3.63, 3.8) is 0 Å². The van der Waals surface area contributed by atoms with Crippen LogP contribution < -0.4 is 10.6 Å². The third-order valence-electron chi connectivity index (χ3n) is 3.39. The van der Waals surface area contributed by atoms with Gasteiger partial charge in [0, 0.05) is 25.6 Å². The number of benzene rings is 1. The van der Waals surface area contributed by atoms with E-state index in [0.29, 0.717) is 13.0 Å². The van der Waals surface area contributed by atoms with Crippen LogP contribution in [0.15, 0.2) is 30.3 Å². The van der Waals surface area contributed by atoms with Crippen molar-refractivity contribution in [2.75, 3.05) is 19.6 Å². The van der Waals surface area contributed by atoms with Gasteiger partial charge in [-0.15, -0.1) is 0 Å². The molecule has 0 aromatic heterocycles. The zero-order valence-electron chi connectivity index (χ0n) is 14.7. The number of nitrogens with zero attached hydrogens (tertiary/aromatic N) is 1. The zero-order valence-corrected chi connectivity index (χ0v) is 14.7. The van der Waals surface area contributed by atoms with Crippen LogP contribution in [0.4, 0.5) is 0 Å². The Balaban J connectivity index is 2.32. The third kappa shape index (κ3) is 7.76. The van der Waals surface area contributed by atoms with Crippen molar-refractivity contribution in [1.29, 1.82) is 0 Å². The lowest BCUT2D eigenvalue weighted by atomic mass is 10.1. The van der Waals surface area contributed by atoms with Crippen LogP contribution in [-0.2, 0) is 20.8 Å². The predicted octanol–water partition coefficient (Wildman–Crippen LogP) is 1.11. The van der Waals surface area contributed by atoms with Gasteiger partial charge in [-0.1, -0.05) is 30.3 Å². The largest absolute Gasteiger partial charge is 0.355 e. The normalized spacial score (nSPS) is 10.3. The first-order valence-electron chi connectivity index (χ1n) is 8.30. The second-order valence-corrected chi connectivity index (χ2v) is 5.89. The van der Waals surface area contributed by atoms with Crippen LogP contribution in [0, 0.1) is 0 Å². The number of carbonyl (C=O) groups is 3. The molecule has 0 fully saturated rings.